The van der Waals surface area contributed by atoms with E-state index in [0.29, 0.717) is 0 Å². The monoisotopic (exact) mass is 321 g/mol. The van der Waals surface area contributed by atoms with Gasteiger partial charge in [0.15, 0.2) is 0 Å². The van der Waals surface area contributed by atoms with E-state index in [0.717, 1.165) is 16.6 Å². The lowest BCUT2D eigenvalue weighted by Crippen LogP contribution is -2.22. The van der Waals surface area contributed by atoms with Gasteiger partial charge in [-0.25, -0.2) is 4.39 Å². The Kier molecular flexibility index (Phi) is 4.72. The molecule has 2 aromatic carbocycles. The number of rotatable bonds is 4. The molecule has 1 nitrogen and oxygen atoms in total. The summed E-state index contributed by atoms with van der Waals surface area (Å²) in [7, 11) is 0. The highest BCUT2D eigenvalue weighted by Crippen LogP contribution is 2.29. The van der Waals surface area contributed by atoms with Gasteiger partial charge in [0.25, 0.3) is 0 Å². The fraction of sp³-hybridized carbons (Fsp3) is 0.250. The van der Waals surface area contributed by atoms with Gasteiger partial charge in [-0.05, 0) is 36.7 Å². The van der Waals surface area contributed by atoms with Gasteiger partial charge in [0.05, 0.1) is 6.04 Å². The van der Waals surface area contributed by atoms with Crippen molar-refractivity contribution in [2.24, 2.45) is 0 Å². The molecule has 0 saturated heterocycles. The Morgan fingerprint density at radius 2 is 1.84 bits per heavy atom. The van der Waals surface area contributed by atoms with Crippen molar-refractivity contribution in [3.05, 3.63) is 69.4 Å². The zero-order valence-electron chi connectivity index (χ0n) is 11.1. The lowest BCUT2D eigenvalue weighted by molar-refractivity contribution is 0.611. The Labute approximate surface area is 122 Å². The smallest absolute Gasteiger partial charge is 0.124 e. The molecule has 2 rings (SSSR count). The summed E-state index contributed by atoms with van der Waals surface area (Å²) in [6.45, 7) is 4.99. The van der Waals surface area contributed by atoms with Gasteiger partial charge in [-0.1, -0.05) is 58.7 Å². The first-order valence-electron chi connectivity index (χ1n) is 6.36. The van der Waals surface area contributed by atoms with Crippen LogP contribution < -0.4 is 5.32 Å². The van der Waals surface area contributed by atoms with E-state index in [1.165, 1.54) is 23.3 Å². The van der Waals surface area contributed by atoms with Crippen LogP contribution in [-0.4, -0.2) is 6.54 Å². The van der Waals surface area contributed by atoms with Gasteiger partial charge in [-0.3, -0.25) is 0 Å². The topological polar surface area (TPSA) is 12.0 Å². The standard InChI is InChI=1S/C16H17BrFN/c1-3-19-16(12-6-4-11(2)5-7-12)14-9-8-13(18)10-15(14)17/h4-10,16,19H,3H2,1-2H3. The van der Waals surface area contributed by atoms with Crippen LogP contribution in [-0.2, 0) is 0 Å². The molecule has 0 heterocycles. The second kappa shape index (κ2) is 6.31. The predicted molar refractivity (Wildman–Crippen MR) is 80.8 cm³/mol. The Morgan fingerprint density at radius 3 is 2.42 bits per heavy atom. The fourth-order valence-electron chi connectivity index (χ4n) is 2.11. The van der Waals surface area contributed by atoms with Gasteiger partial charge >= 0.3 is 0 Å². The number of halogens is 2. The highest BCUT2D eigenvalue weighted by atomic mass is 79.9. The number of hydrogen-bond donors (Lipinski definition) is 1. The second-order valence-electron chi connectivity index (χ2n) is 4.57. The number of aryl methyl sites for hydroxylation is 1. The summed E-state index contributed by atoms with van der Waals surface area (Å²) in [4.78, 5) is 0. The van der Waals surface area contributed by atoms with Crippen LogP contribution in [0.4, 0.5) is 4.39 Å². The van der Waals surface area contributed by atoms with E-state index in [-0.39, 0.29) is 11.9 Å². The molecule has 0 spiro atoms. The molecule has 0 radical (unpaired) electrons. The van der Waals surface area contributed by atoms with Crippen LogP contribution in [0.15, 0.2) is 46.9 Å². The third-order valence-corrected chi connectivity index (χ3v) is 3.78. The van der Waals surface area contributed by atoms with Crippen molar-refractivity contribution >= 4 is 15.9 Å². The lowest BCUT2D eigenvalue weighted by atomic mass is 9.98. The van der Waals surface area contributed by atoms with Crippen LogP contribution >= 0.6 is 15.9 Å². The Balaban J connectivity index is 2.41. The highest BCUT2D eigenvalue weighted by molar-refractivity contribution is 9.10. The zero-order valence-corrected chi connectivity index (χ0v) is 12.7. The van der Waals surface area contributed by atoms with Crippen LogP contribution in [0.3, 0.4) is 0 Å². The molecule has 0 aliphatic rings. The largest absolute Gasteiger partial charge is 0.306 e. The SMILES string of the molecule is CCNC(c1ccc(C)cc1)c1ccc(F)cc1Br. The average Bonchev–Trinajstić information content (AvgIpc) is 2.38. The molecule has 0 fully saturated rings. The normalized spacial score (nSPS) is 12.4. The quantitative estimate of drug-likeness (QED) is 0.868. The van der Waals surface area contributed by atoms with Gasteiger partial charge in [0.2, 0.25) is 0 Å². The third kappa shape index (κ3) is 3.43. The van der Waals surface area contributed by atoms with Gasteiger partial charge in [0.1, 0.15) is 5.82 Å². The van der Waals surface area contributed by atoms with Crippen molar-refractivity contribution < 1.29 is 4.39 Å². The van der Waals surface area contributed by atoms with E-state index in [9.17, 15) is 4.39 Å². The first-order chi connectivity index (χ1) is 9.11. The molecule has 1 N–H and O–H groups in total. The summed E-state index contributed by atoms with van der Waals surface area (Å²) in [5.41, 5.74) is 3.46. The molecule has 0 aliphatic heterocycles. The molecular formula is C16H17BrFN. The fourth-order valence-corrected chi connectivity index (χ4v) is 2.69. The lowest BCUT2D eigenvalue weighted by Gasteiger charge is -2.20. The predicted octanol–water partition coefficient (Wildman–Crippen LogP) is 4.60. The average molecular weight is 322 g/mol. The molecule has 0 aliphatic carbocycles. The molecule has 0 saturated carbocycles. The Morgan fingerprint density at radius 1 is 1.16 bits per heavy atom. The molecule has 2 aromatic rings. The van der Waals surface area contributed by atoms with Crippen molar-refractivity contribution in [2.45, 2.75) is 19.9 Å². The molecular weight excluding hydrogens is 305 g/mol. The molecule has 1 atom stereocenters. The third-order valence-electron chi connectivity index (χ3n) is 3.09. The summed E-state index contributed by atoms with van der Waals surface area (Å²) >= 11 is 3.45. The summed E-state index contributed by atoms with van der Waals surface area (Å²) in [6, 6.07) is 13.3. The van der Waals surface area contributed by atoms with Crippen LogP contribution in [0.5, 0.6) is 0 Å². The minimum atomic E-state index is -0.227. The van der Waals surface area contributed by atoms with E-state index in [2.05, 4.69) is 59.4 Å². The first-order valence-corrected chi connectivity index (χ1v) is 7.16. The summed E-state index contributed by atoms with van der Waals surface area (Å²) in [5.74, 6) is -0.227. The Hall–Kier alpha value is -1.19. The van der Waals surface area contributed by atoms with Crippen molar-refractivity contribution in [3.63, 3.8) is 0 Å². The van der Waals surface area contributed by atoms with Crippen LogP contribution in [0.2, 0.25) is 0 Å². The van der Waals surface area contributed by atoms with Crippen molar-refractivity contribution in [2.75, 3.05) is 6.54 Å². The van der Waals surface area contributed by atoms with E-state index in [4.69, 9.17) is 0 Å². The molecule has 0 aromatic heterocycles. The number of nitrogens with one attached hydrogen (secondary N) is 1. The van der Waals surface area contributed by atoms with Crippen molar-refractivity contribution in [1.82, 2.24) is 5.32 Å². The molecule has 19 heavy (non-hydrogen) atoms. The first kappa shape index (κ1) is 14.2. The maximum atomic E-state index is 13.2. The molecule has 0 bridgehead atoms. The number of hydrogen-bond acceptors (Lipinski definition) is 1. The molecule has 1 unspecified atom stereocenters. The van der Waals surface area contributed by atoms with Crippen molar-refractivity contribution in [1.29, 1.82) is 0 Å². The van der Waals surface area contributed by atoms with Gasteiger partial charge < -0.3 is 5.32 Å². The van der Waals surface area contributed by atoms with E-state index in [1.54, 1.807) is 0 Å². The minimum Gasteiger partial charge on any atom is -0.306 e. The molecule has 100 valence electrons. The van der Waals surface area contributed by atoms with E-state index >= 15 is 0 Å². The van der Waals surface area contributed by atoms with Crippen LogP contribution in [0.1, 0.15) is 29.7 Å². The van der Waals surface area contributed by atoms with Crippen LogP contribution in [0.25, 0.3) is 0 Å². The summed E-state index contributed by atoms with van der Waals surface area (Å²) in [5, 5.41) is 3.44. The molecule has 0 amide bonds. The Bertz CT molecular complexity index is 551. The maximum Gasteiger partial charge on any atom is 0.124 e. The maximum absolute atomic E-state index is 13.2. The second-order valence-corrected chi connectivity index (χ2v) is 5.42. The number of benzene rings is 2. The van der Waals surface area contributed by atoms with Crippen molar-refractivity contribution in [3.8, 4) is 0 Å². The van der Waals surface area contributed by atoms with E-state index in [1.807, 2.05) is 6.07 Å². The zero-order chi connectivity index (χ0) is 13.8. The minimum absolute atomic E-state index is 0.0700. The summed E-state index contributed by atoms with van der Waals surface area (Å²) < 4.78 is 14.0. The van der Waals surface area contributed by atoms with Crippen LogP contribution in [0, 0.1) is 12.7 Å². The van der Waals surface area contributed by atoms with Gasteiger partial charge in [-0.15, -0.1) is 0 Å². The van der Waals surface area contributed by atoms with E-state index < -0.39 is 0 Å². The van der Waals surface area contributed by atoms with Gasteiger partial charge in [0, 0.05) is 4.47 Å². The highest BCUT2D eigenvalue weighted by Gasteiger charge is 2.16. The molecule has 3 heteroatoms. The van der Waals surface area contributed by atoms with Gasteiger partial charge in [-0.2, -0.15) is 0 Å². The summed E-state index contributed by atoms with van der Waals surface area (Å²) in [6.07, 6.45) is 0.